The Balaban J connectivity index is 1.55. The standard InChI is InChI=1S/C16H26N8/c1-2-22-8-10-24(11-9-22)16-14(17)15(20-12-21-16)19-4-3-6-23-7-5-18-13-23/h5,7,12-13H,2-4,6,8-11,17H2,1H3,(H,19,20,21). The molecule has 1 aliphatic heterocycles. The largest absolute Gasteiger partial charge is 0.393 e. The van der Waals surface area contributed by atoms with Crippen LogP contribution >= 0.6 is 0 Å². The first-order valence-corrected chi connectivity index (χ1v) is 8.55. The number of aromatic nitrogens is 4. The highest BCUT2D eigenvalue weighted by molar-refractivity contribution is 5.74. The first-order chi connectivity index (χ1) is 11.8. The van der Waals surface area contributed by atoms with Crippen molar-refractivity contribution in [3.8, 4) is 0 Å². The van der Waals surface area contributed by atoms with Crippen LogP contribution in [0.25, 0.3) is 0 Å². The van der Waals surface area contributed by atoms with Gasteiger partial charge in [-0.2, -0.15) is 0 Å². The van der Waals surface area contributed by atoms with Gasteiger partial charge in [-0.3, -0.25) is 0 Å². The number of nitrogens with zero attached hydrogens (tertiary/aromatic N) is 6. The summed E-state index contributed by atoms with van der Waals surface area (Å²) in [6, 6.07) is 0. The molecule has 8 nitrogen and oxygen atoms in total. The van der Waals surface area contributed by atoms with E-state index in [-0.39, 0.29) is 0 Å². The molecule has 0 aromatic carbocycles. The van der Waals surface area contributed by atoms with Crippen molar-refractivity contribution in [2.75, 3.05) is 55.2 Å². The third-order valence-electron chi connectivity index (χ3n) is 4.43. The predicted molar refractivity (Wildman–Crippen MR) is 96.1 cm³/mol. The van der Waals surface area contributed by atoms with Crippen LogP contribution in [0.4, 0.5) is 17.3 Å². The van der Waals surface area contributed by atoms with Gasteiger partial charge in [0, 0.05) is 51.7 Å². The van der Waals surface area contributed by atoms with Gasteiger partial charge >= 0.3 is 0 Å². The van der Waals surface area contributed by atoms with Crippen LogP contribution in [0.3, 0.4) is 0 Å². The molecule has 0 bridgehead atoms. The molecule has 3 N–H and O–H groups in total. The van der Waals surface area contributed by atoms with E-state index in [1.807, 2.05) is 12.5 Å². The molecule has 1 fully saturated rings. The maximum atomic E-state index is 6.30. The molecule has 0 amide bonds. The first-order valence-electron chi connectivity index (χ1n) is 8.55. The van der Waals surface area contributed by atoms with Gasteiger partial charge < -0.3 is 25.4 Å². The zero-order valence-corrected chi connectivity index (χ0v) is 14.2. The molecule has 2 aromatic heterocycles. The lowest BCUT2D eigenvalue weighted by atomic mass is 10.3. The summed E-state index contributed by atoms with van der Waals surface area (Å²) in [5, 5.41) is 3.33. The third-order valence-corrected chi connectivity index (χ3v) is 4.43. The molecular formula is C16H26N8. The summed E-state index contributed by atoms with van der Waals surface area (Å²) >= 11 is 0. The number of rotatable bonds is 7. The molecule has 8 heteroatoms. The highest BCUT2D eigenvalue weighted by Gasteiger charge is 2.20. The summed E-state index contributed by atoms with van der Waals surface area (Å²) < 4.78 is 2.06. The minimum atomic E-state index is 0.644. The van der Waals surface area contributed by atoms with Crippen molar-refractivity contribution >= 4 is 17.3 Å². The van der Waals surface area contributed by atoms with E-state index in [9.17, 15) is 0 Å². The number of nitrogens with two attached hydrogens (primary N) is 1. The van der Waals surface area contributed by atoms with Crippen LogP contribution in [0.5, 0.6) is 0 Å². The highest BCUT2D eigenvalue weighted by Crippen LogP contribution is 2.26. The topological polar surface area (TPSA) is 88.1 Å². The second-order valence-corrected chi connectivity index (χ2v) is 5.96. The Morgan fingerprint density at radius 2 is 2.04 bits per heavy atom. The second kappa shape index (κ2) is 7.96. The fourth-order valence-electron chi connectivity index (χ4n) is 2.94. The van der Waals surface area contributed by atoms with E-state index in [2.05, 4.69) is 41.6 Å². The molecule has 0 radical (unpaired) electrons. The molecule has 1 saturated heterocycles. The molecule has 130 valence electrons. The van der Waals surface area contributed by atoms with Crippen LogP contribution in [0, 0.1) is 0 Å². The Morgan fingerprint density at radius 3 is 2.75 bits per heavy atom. The molecule has 3 rings (SSSR count). The Hall–Kier alpha value is -2.35. The van der Waals surface area contributed by atoms with Crippen LogP contribution in [-0.4, -0.2) is 63.7 Å². The van der Waals surface area contributed by atoms with E-state index in [0.717, 1.165) is 63.9 Å². The lowest BCUT2D eigenvalue weighted by molar-refractivity contribution is 0.270. The highest BCUT2D eigenvalue weighted by atomic mass is 15.3. The van der Waals surface area contributed by atoms with E-state index in [0.29, 0.717) is 5.69 Å². The molecule has 1 aliphatic rings. The summed E-state index contributed by atoms with van der Waals surface area (Å²) in [5.41, 5.74) is 6.94. The zero-order valence-electron chi connectivity index (χ0n) is 14.2. The van der Waals surface area contributed by atoms with Crippen molar-refractivity contribution in [1.82, 2.24) is 24.4 Å². The Bertz CT molecular complexity index is 619. The number of hydrogen-bond donors (Lipinski definition) is 2. The number of imidazole rings is 1. The van der Waals surface area contributed by atoms with Gasteiger partial charge in [0.05, 0.1) is 6.33 Å². The average Bonchev–Trinajstić information content (AvgIpc) is 3.13. The Kier molecular flexibility index (Phi) is 5.47. The monoisotopic (exact) mass is 330 g/mol. The number of likely N-dealkylation sites (N-methyl/N-ethyl adjacent to an activating group) is 1. The lowest BCUT2D eigenvalue weighted by Crippen LogP contribution is -2.46. The van der Waals surface area contributed by atoms with Gasteiger partial charge in [0.25, 0.3) is 0 Å². The minimum Gasteiger partial charge on any atom is -0.393 e. The van der Waals surface area contributed by atoms with Crippen molar-refractivity contribution in [2.24, 2.45) is 0 Å². The Morgan fingerprint density at radius 1 is 1.21 bits per heavy atom. The van der Waals surface area contributed by atoms with Crippen molar-refractivity contribution in [1.29, 1.82) is 0 Å². The van der Waals surface area contributed by atoms with Gasteiger partial charge in [0.2, 0.25) is 0 Å². The number of aryl methyl sites for hydroxylation is 1. The number of hydrogen-bond acceptors (Lipinski definition) is 7. The van der Waals surface area contributed by atoms with Crippen molar-refractivity contribution in [3.05, 3.63) is 25.0 Å². The number of piperazine rings is 1. The summed E-state index contributed by atoms with van der Waals surface area (Å²) in [7, 11) is 0. The second-order valence-electron chi connectivity index (χ2n) is 5.96. The molecule has 3 heterocycles. The predicted octanol–water partition coefficient (Wildman–Crippen LogP) is 0.899. The fraction of sp³-hybridized carbons (Fsp3) is 0.562. The molecule has 0 unspecified atom stereocenters. The molecule has 0 spiro atoms. The van der Waals surface area contributed by atoms with E-state index in [4.69, 9.17) is 5.73 Å². The lowest BCUT2D eigenvalue weighted by Gasteiger charge is -2.35. The molecule has 0 saturated carbocycles. The van der Waals surface area contributed by atoms with Gasteiger partial charge in [-0.25, -0.2) is 15.0 Å². The van der Waals surface area contributed by atoms with Crippen LogP contribution in [0.1, 0.15) is 13.3 Å². The van der Waals surface area contributed by atoms with E-state index in [1.54, 1.807) is 12.5 Å². The van der Waals surface area contributed by atoms with Crippen LogP contribution < -0.4 is 16.0 Å². The summed E-state index contributed by atoms with van der Waals surface area (Å²) in [5.74, 6) is 1.57. The quantitative estimate of drug-likeness (QED) is 0.729. The van der Waals surface area contributed by atoms with Gasteiger partial charge in [0.15, 0.2) is 11.6 Å². The molecule has 0 atom stereocenters. The SMILES string of the molecule is CCN1CCN(c2ncnc(NCCCn3ccnc3)c2N)CC1. The van der Waals surface area contributed by atoms with Crippen molar-refractivity contribution < 1.29 is 0 Å². The van der Waals surface area contributed by atoms with Gasteiger partial charge in [0.1, 0.15) is 12.0 Å². The van der Waals surface area contributed by atoms with Crippen molar-refractivity contribution in [2.45, 2.75) is 19.9 Å². The van der Waals surface area contributed by atoms with E-state index >= 15 is 0 Å². The maximum absolute atomic E-state index is 6.30. The minimum absolute atomic E-state index is 0.644. The number of nitrogen functional groups attached to an aromatic ring is 1. The van der Waals surface area contributed by atoms with Crippen LogP contribution in [-0.2, 0) is 6.54 Å². The first kappa shape index (κ1) is 16.5. The van der Waals surface area contributed by atoms with Gasteiger partial charge in [-0.05, 0) is 13.0 Å². The van der Waals surface area contributed by atoms with Crippen LogP contribution in [0.15, 0.2) is 25.0 Å². The fourth-order valence-corrected chi connectivity index (χ4v) is 2.94. The third kappa shape index (κ3) is 3.94. The maximum Gasteiger partial charge on any atom is 0.157 e. The van der Waals surface area contributed by atoms with Gasteiger partial charge in [-0.1, -0.05) is 6.92 Å². The Labute approximate surface area is 142 Å². The van der Waals surface area contributed by atoms with E-state index in [1.165, 1.54) is 0 Å². The summed E-state index contributed by atoms with van der Waals surface area (Å²) in [4.78, 5) is 17.4. The van der Waals surface area contributed by atoms with E-state index < -0.39 is 0 Å². The normalized spacial score (nSPS) is 15.6. The van der Waals surface area contributed by atoms with Crippen LogP contribution in [0.2, 0.25) is 0 Å². The zero-order chi connectivity index (χ0) is 16.8. The molecule has 24 heavy (non-hydrogen) atoms. The molecule has 2 aromatic rings. The number of nitrogens with one attached hydrogen (secondary N) is 1. The average molecular weight is 330 g/mol. The van der Waals surface area contributed by atoms with Gasteiger partial charge in [-0.15, -0.1) is 0 Å². The summed E-state index contributed by atoms with van der Waals surface area (Å²) in [6.45, 7) is 9.02. The number of anilines is 3. The van der Waals surface area contributed by atoms with Crippen molar-refractivity contribution in [3.63, 3.8) is 0 Å². The molecule has 0 aliphatic carbocycles. The molecular weight excluding hydrogens is 304 g/mol. The summed E-state index contributed by atoms with van der Waals surface area (Å²) in [6.07, 6.45) is 8.15. The smallest absolute Gasteiger partial charge is 0.157 e.